The van der Waals surface area contributed by atoms with Crippen molar-refractivity contribution in [3.63, 3.8) is 0 Å². The van der Waals surface area contributed by atoms with Gasteiger partial charge in [-0.2, -0.15) is 5.26 Å². The number of rotatable bonds is 7. The number of nitrogens with one attached hydrogen (secondary N) is 2. The molecule has 0 unspecified atom stereocenters. The van der Waals surface area contributed by atoms with Gasteiger partial charge in [0.2, 0.25) is 5.91 Å². The molecule has 0 aliphatic carbocycles. The van der Waals surface area contributed by atoms with Gasteiger partial charge in [0.25, 0.3) is 5.69 Å². The maximum Gasteiger partial charge on any atom is 0.292 e. The van der Waals surface area contributed by atoms with Gasteiger partial charge in [-0.15, -0.1) is 0 Å². The minimum Gasteiger partial charge on any atom is -0.379 e. The second-order valence-electron chi connectivity index (χ2n) is 4.13. The summed E-state index contributed by atoms with van der Waals surface area (Å²) in [6.45, 7) is 2.84. The molecule has 7 nitrogen and oxygen atoms in total. The Morgan fingerprint density at radius 1 is 1.45 bits per heavy atom. The highest BCUT2D eigenvalue weighted by atomic mass is 16.6. The lowest BCUT2D eigenvalue weighted by molar-refractivity contribution is -0.384. The topological polar surface area (TPSA) is 108 Å². The fourth-order valence-electron chi connectivity index (χ4n) is 1.57. The number of nitriles is 1. The fourth-order valence-corrected chi connectivity index (χ4v) is 1.57. The highest BCUT2D eigenvalue weighted by Crippen LogP contribution is 2.25. The molecule has 1 rings (SSSR count). The number of nitrogens with zero attached hydrogens (tertiary/aromatic N) is 2. The normalized spacial score (nSPS) is 9.60. The van der Waals surface area contributed by atoms with E-state index in [-0.39, 0.29) is 30.2 Å². The predicted octanol–water partition coefficient (Wildman–Crippen LogP) is 1.79. The fraction of sp³-hybridized carbons (Fsp3) is 0.385. The van der Waals surface area contributed by atoms with E-state index in [1.165, 1.54) is 18.2 Å². The number of carbonyl (C=O) groups is 1. The smallest absolute Gasteiger partial charge is 0.292 e. The standard InChI is InChI=1S/C13H16N4O3/c1-2-6-16-13(18)5-7-15-11-8-10(9-14)3-4-12(11)17(19)20/h3-4,8,15H,2,5-7H2,1H3,(H,16,18). The molecule has 0 saturated carbocycles. The van der Waals surface area contributed by atoms with E-state index < -0.39 is 4.92 Å². The van der Waals surface area contributed by atoms with Gasteiger partial charge in [0.05, 0.1) is 16.6 Å². The van der Waals surface area contributed by atoms with E-state index in [1.807, 2.05) is 13.0 Å². The Morgan fingerprint density at radius 3 is 2.80 bits per heavy atom. The van der Waals surface area contributed by atoms with E-state index in [0.29, 0.717) is 12.1 Å². The molecule has 0 atom stereocenters. The second-order valence-corrected chi connectivity index (χ2v) is 4.13. The molecule has 0 spiro atoms. The zero-order chi connectivity index (χ0) is 15.0. The zero-order valence-electron chi connectivity index (χ0n) is 11.2. The number of benzene rings is 1. The van der Waals surface area contributed by atoms with Gasteiger partial charge in [-0.05, 0) is 18.6 Å². The molecular weight excluding hydrogens is 260 g/mol. The summed E-state index contributed by atoms with van der Waals surface area (Å²) in [6.07, 6.45) is 1.07. The Labute approximate surface area is 116 Å². The lowest BCUT2D eigenvalue weighted by Gasteiger charge is -2.07. The summed E-state index contributed by atoms with van der Waals surface area (Å²) >= 11 is 0. The number of nitro groups is 1. The zero-order valence-corrected chi connectivity index (χ0v) is 11.2. The minimum absolute atomic E-state index is 0.113. The van der Waals surface area contributed by atoms with Crippen LogP contribution in [0.5, 0.6) is 0 Å². The van der Waals surface area contributed by atoms with Gasteiger partial charge in [-0.25, -0.2) is 0 Å². The lowest BCUT2D eigenvalue weighted by atomic mass is 10.2. The summed E-state index contributed by atoms with van der Waals surface area (Å²) in [4.78, 5) is 21.7. The molecule has 1 amide bonds. The van der Waals surface area contributed by atoms with Crippen LogP contribution in [0, 0.1) is 21.4 Å². The van der Waals surface area contributed by atoms with Gasteiger partial charge in [0.15, 0.2) is 0 Å². The van der Waals surface area contributed by atoms with Crippen molar-refractivity contribution in [3.8, 4) is 6.07 Å². The highest BCUT2D eigenvalue weighted by Gasteiger charge is 2.14. The molecule has 0 radical (unpaired) electrons. The van der Waals surface area contributed by atoms with Crippen LogP contribution in [0.4, 0.5) is 11.4 Å². The number of carbonyl (C=O) groups excluding carboxylic acids is 1. The van der Waals surface area contributed by atoms with Crippen LogP contribution in [0.15, 0.2) is 18.2 Å². The van der Waals surface area contributed by atoms with Gasteiger partial charge in [-0.1, -0.05) is 6.92 Å². The van der Waals surface area contributed by atoms with Crippen LogP contribution in [-0.2, 0) is 4.79 Å². The Hall–Kier alpha value is -2.62. The molecule has 0 bridgehead atoms. The maximum absolute atomic E-state index is 11.4. The Kier molecular flexibility index (Phi) is 5.97. The minimum atomic E-state index is -0.527. The largest absolute Gasteiger partial charge is 0.379 e. The third-order valence-electron chi connectivity index (χ3n) is 2.56. The number of anilines is 1. The van der Waals surface area contributed by atoms with Crippen LogP contribution in [0.2, 0.25) is 0 Å². The molecule has 7 heteroatoms. The molecule has 0 aromatic heterocycles. The molecule has 0 aliphatic heterocycles. The van der Waals surface area contributed by atoms with E-state index in [4.69, 9.17) is 5.26 Å². The molecule has 0 fully saturated rings. The molecule has 106 valence electrons. The number of hydrogen-bond donors (Lipinski definition) is 2. The number of hydrogen-bond acceptors (Lipinski definition) is 5. The monoisotopic (exact) mass is 276 g/mol. The average Bonchev–Trinajstić information content (AvgIpc) is 2.44. The molecule has 0 heterocycles. The van der Waals surface area contributed by atoms with Crippen molar-refractivity contribution in [2.45, 2.75) is 19.8 Å². The SMILES string of the molecule is CCCNC(=O)CCNc1cc(C#N)ccc1[N+](=O)[O-]. The first kappa shape index (κ1) is 15.4. The second kappa shape index (κ2) is 7.74. The summed E-state index contributed by atoms with van der Waals surface area (Å²) in [5.74, 6) is -0.113. The van der Waals surface area contributed by atoms with Crippen LogP contribution in [0.3, 0.4) is 0 Å². The Bertz CT molecular complexity index is 537. The van der Waals surface area contributed by atoms with E-state index in [1.54, 1.807) is 0 Å². The highest BCUT2D eigenvalue weighted by molar-refractivity contribution is 5.76. The van der Waals surface area contributed by atoms with E-state index >= 15 is 0 Å². The van der Waals surface area contributed by atoms with Crippen LogP contribution in [0.1, 0.15) is 25.3 Å². The van der Waals surface area contributed by atoms with Crippen molar-refractivity contribution in [2.24, 2.45) is 0 Å². The predicted molar refractivity (Wildman–Crippen MR) is 74.2 cm³/mol. The van der Waals surface area contributed by atoms with Gasteiger partial charge in [-0.3, -0.25) is 14.9 Å². The Balaban J connectivity index is 2.64. The summed E-state index contributed by atoms with van der Waals surface area (Å²) in [5.41, 5.74) is 0.462. The van der Waals surface area contributed by atoms with Crippen LogP contribution < -0.4 is 10.6 Å². The van der Waals surface area contributed by atoms with Gasteiger partial charge in [0.1, 0.15) is 5.69 Å². The van der Waals surface area contributed by atoms with Gasteiger partial charge >= 0.3 is 0 Å². The molecule has 2 N–H and O–H groups in total. The Morgan fingerprint density at radius 2 is 2.20 bits per heavy atom. The van der Waals surface area contributed by atoms with Crippen molar-refractivity contribution in [2.75, 3.05) is 18.4 Å². The average molecular weight is 276 g/mol. The summed E-state index contributed by atoms with van der Waals surface area (Å²) < 4.78 is 0. The quantitative estimate of drug-likeness (QED) is 0.583. The van der Waals surface area contributed by atoms with E-state index in [9.17, 15) is 14.9 Å². The molecule has 0 aliphatic rings. The first-order valence-corrected chi connectivity index (χ1v) is 6.27. The summed E-state index contributed by atoms with van der Waals surface area (Å²) in [6, 6.07) is 5.99. The van der Waals surface area contributed by atoms with Gasteiger partial charge in [0, 0.05) is 25.6 Å². The van der Waals surface area contributed by atoms with E-state index in [2.05, 4.69) is 10.6 Å². The maximum atomic E-state index is 11.4. The molecule has 20 heavy (non-hydrogen) atoms. The van der Waals surface area contributed by atoms with Crippen LogP contribution in [0.25, 0.3) is 0 Å². The van der Waals surface area contributed by atoms with Crippen molar-refractivity contribution in [1.82, 2.24) is 5.32 Å². The van der Waals surface area contributed by atoms with Crippen molar-refractivity contribution in [1.29, 1.82) is 5.26 Å². The van der Waals surface area contributed by atoms with Crippen LogP contribution >= 0.6 is 0 Å². The first-order valence-electron chi connectivity index (χ1n) is 6.27. The molecule has 1 aromatic rings. The molecule has 1 aromatic carbocycles. The molecular formula is C13H16N4O3. The summed E-state index contributed by atoms with van der Waals surface area (Å²) in [7, 11) is 0. The van der Waals surface area contributed by atoms with Crippen LogP contribution in [-0.4, -0.2) is 23.9 Å². The van der Waals surface area contributed by atoms with Crippen molar-refractivity contribution < 1.29 is 9.72 Å². The van der Waals surface area contributed by atoms with E-state index in [0.717, 1.165) is 6.42 Å². The van der Waals surface area contributed by atoms with Crippen molar-refractivity contribution >= 4 is 17.3 Å². The third-order valence-corrected chi connectivity index (χ3v) is 2.56. The summed E-state index contributed by atoms with van der Waals surface area (Å²) in [5, 5.41) is 25.2. The van der Waals surface area contributed by atoms with Crippen molar-refractivity contribution in [3.05, 3.63) is 33.9 Å². The third kappa shape index (κ3) is 4.57. The molecule has 0 saturated heterocycles. The number of nitro benzene ring substituents is 1. The first-order chi connectivity index (χ1) is 9.58. The van der Waals surface area contributed by atoms with Gasteiger partial charge < -0.3 is 10.6 Å². The number of amides is 1. The lowest BCUT2D eigenvalue weighted by Crippen LogP contribution is -2.25.